The molecule has 0 saturated heterocycles. The van der Waals surface area contributed by atoms with Crippen molar-refractivity contribution in [1.82, 2.24) is 10.3 Å². The summed E-state index contributed by atoms with van der Waals surface area (Å²) in [7, 11) is 3.22. The van der Waals surface area contributed by atoms with E-state index in [0.29, 0.717) is 42.9 Å². The topological polar surface area (TPSA) is 94.9 Å². The van der Waals surface area contributed by atoms with Gasteiger partial charge in [0, 0.05) is 25.1 Å². The molecule has 1 aromatic heterocycles. The maximum absolute atomic E-state index is 13.0. The number of nitrogens with one attached hydrogen (secondary N) is 1. The second-order valence-electron chi connectivity index (χ2n) is 6.53. The Morgan fingerprint density at radius 2 is 1.87 bits per heavy atom. The molecule has 0 atom stereocenters. The molecule has 1 heterocycles. The third kappa shape index (κ3) is 5.73. The molecule has 3 aromatic rings. The summed E-state index contributed by atoms with van der Waals surface area (Å²) >= 11 is 0. The van der Waals surface area contributed by atoms with Gasteiger partial charge in [-0.2, -0.15) is 0 Å². The smallest absolute Gasteiger partial charge is 0.226 e. The molecule has 0 aliphatic heterocycles. The summed E-state index contributed by atoms with van der Waals surface area (Å²) in [5.41, 5.74) is 8.51. The lowest BCUT2D eigenvalue weighted by atomic mass is 10.1. The lowest BCUT2D eigenvalue weighted by molar-refractivity contribution is 0.354. The molecule has 8 heteroatoms. The van der Waals surface area contributed by atoms with Gasteiger partial charge in [-0.15, -0.1) is 0 Å². The van der Waals surface area contributed by atoms with Crippen molar-refractivity contribution in [3.63, 3.8) is 0 Å². The molecule has 0 radical (unpaired) electrons. The minimum absolute atomic E-state index is 0.297. The zero-order chi connectivity index (χ0) is 21.3. The molecule has 0 bridgehead atoms. The average Bonchev–Trinajstić information content (AvgIpc) is 3.23. The highest BCUT2D eigenvalue weighted by Gasteiger charge is 2.07. The van der Waals surface area contributed by atoms with Gasteiger partial charge in [0.2, 0.25) is 5.89 Å². The van der Waals surface area contributed by atoms with E-state index in [1.807, 2.05) is 18.2 Å². The number of halogens is 1. The van der Waals surface area contributed by atoms with E-state index in [0.717, 1.165) is 23.2 Å². The Bertz CT molecular complexity index is 986. The van der Waals surface area contributed by atoms with Gasteiger partial charge in [-0.25, -0.2) is 9.37 Å². The lowest BCUT2D eigenvalue weighted by Gasteiger charge is -2.10. The van der Waals surface area contributed by atoms with Crippen LogP contribution in [0.2, 0.25) is 0 Å². The van der Waals surface area contributed by atoms with Gasteiger partial charge >= 0.3 is 0 Å². The maximum atomic E-state index is 13.0. The number of guanidine groups is 1. The summed E-state index contributed by atoms with van der Waals surface area (Å²) in [5, 5.41) is 3.10. The third-order valence-corrected chi connectivity index (χ3v) is 4.46. The Morgan fingerprint density at radius 3 is 2.60 bits per heavy atom. The first-order valence-electron chi connectivity index (χ1n) is 9.54. The van der Waals surface area contributed by atoms with Crippen LogP contribution in [0.1, 0.15) is 11.3 Å². The molecule has 0 spiro atoms. The van der Waals surface area contributed by atoms with Gasteiger partial charge in [0.05, 0.1) is 19.9 Å². The molecule has 2 aromatic carbocycles. The van der Waals surface area contributed by atoms with E-state index in [4.69, 9.17) is 19.6 Å². The normalized spacial score (nSPS) is 11.4. The Kier molecular flexibility index (Phi) is 7.26. The number of oxazole rings is 1. The third-order valence-electron chi connectivity index (χ3n) is 4.46. The van der Waals surface area contributed by atoms with Gasteiger partial charge in [0.15, 0.2) is 17.5 Å². The summed E-state index contributed by atoms with van der Waals surface area (Å²) in [6.07, 6.45) is 2.93. The molecule has 0 amide bonds. The number of aromatic nitrogens is 1. The summed E-state index contributed by atoms with van der Waals surface area (Å²) in [6, 6.07) is 11.8. The van der Waals surface area contributed by atoms with E-state index in [1.165, 1.54) is 12.1 Å². The first-order valence-corrected chi connectivity index (χ1v) is 9.54. The second kappa shape index (κ2) is 10.3. The van der Waals surface area contributed by atoms with Crippen LogP contribution < -0.4 is 20.5 Å². The predicted molar refractivity (Wildman–Crippen MR) is 113 cm³/mol. The first-order chi connectivity index (χ1) is 14.6. The van der Waals surface area contributed by atoms with Crippen molar-refractivity contribution in [2.24, 2.45) is 10.7 Å². The number of nitrogens with zero attached hydrogens (tertiary/aromatic N) is 2. The zero-order valence-electron chi connectivity index (χ0n) is 17.0. The highest BCUT2D eigenvalue weighted by molar-refractivity contribution is 5.77. The number of methoxy groups -OCH3 is 2. The van der Waals surface area contributed by atoms with Crippen molar-refractivity contribution in [1.29, 1.82) is 0 Å². The fourth-order valence-corrected chi connectivity index (χ4v) is 2.86. The van der Waals surface area contributed by atoms with Crippen LogP contribution in [0.4, 0.5) is 4.39 Å². The van der Waals surface area contributed by atoms with Gasteiger partial charge in [-0.1, -0.05) is 6.07 Å². The second-order valence-corrected chi connectivity index (χ2v) is 6.53. The number of ether oxygens (including phenoxy) is 2. The number of hydrogen-bond acceptors (Lipinski definition) is 5. The van der Waals surface area contributed by atoms with Crippen LogP contribution in [0.3, 0.4) is 0 Å². The molecule has 0 aliphatic carbocycles. The summed E-state index contributed by atoms with van der Waals surface area (Å²) in [4.78, 5) is 8.71. The monoisotopic (exact) mass is 412 g/mol. The Morgan fingerprint density at radius 1 is 1.10 bits per heavy atom. The minimum atomic E-state index is -0.297. The number of hydrogen-bond donors (Lipinski definition) is 2. The SMILES string of the molecule is COc1ccc(CCNC(N)=NCCc2coc(-c3ccc(F)cc3)n2)cc1OC. The van der Waals surface area contributed by atoms with E-state index < -0.39 is 0 Å². The molecule has 0 fully saturated rings. The Balaban J connectivity index is 1.44. The van der Waals surface area contributed by atoms with Crippen molar-refractivity contribution in [2.75, 3.05) is 27.3 Å². The summed E-state index contributed by atoms with van der Waals surface area (Å²) in [5.74, 6) is 1.93. The van der Waals surface area contributed by atoms with Gasteiger partial charge in [0.1, 0.15) is 12.1 Å². The number of nitrogens with two attached hydrogens (primary N) is 1. The molecule has 3 N–H and O–H groups in total. The van der Waals surface area contributed by atoms with Gasteiger partial charge in [-0.05, 0) is 48.4 Å². The van der Waals surface area contributed by atoms with Crippen molar-refractivity contribution in [3.05, 3.63) is 65.8 Å². The minimum Gasteiger partial charge on any atom is -0.493 e. The van der Waals surface area contributed by atoms with E-state index in [9.17, 15) is 4.39 Å². The molecule has 30 heavy (non-hydrogen) atoms. The fraction of sp³-hybridized carbons (Fsp3) is 0.273. The van der Waals surface area contributed by atoms with Crippen molar-refractivity contribution < 1.29 is 18.3 Å². The van der Waals surface area contributed by atoms with Crippen LogP contribution in [0, 0.1) is 5.82 Å². The Hall–Kier alpha value is -3.55. The largest absolute Gasteiger partial charge is 0.493 e. The first kappa shape index (κ1) is 21.2. The fourth-order valence-electron chi connectivity index (χ4n) is 2.86. The summed E-state index contributed by atoms with van der Waals surface area (Å²) < 4.78 is 29.0. The number of benzene rings is 2. The number of rotatable bonds is 9. The zero-order valence-corrected chi connectivity index (χ0v) is 17.0. The van der Waals surface area contributed by atoms with Crippen LogP contribution in [-0.2, 0) is 12.8 Å². The van der Waals surface area contributed by atoms with Crippen molar-refractivity contribution in [2.45, 2.75) is 12.8 Å². The molecular weight excluding hydrogens is 387 g/mol. The highest BCUT2D eigenvalue weighted by Crippen LogP contribution is 2.27. The summed E-state index contributed by atoms with van der Waals surface area (Å²) in [6.45, 7) is 1.12. The quantitative estimate of drug-likeness (QED) is 0.414. The van der Waals surface area contributed by atoms with Gasteiger partial charge in [0.25, 0.3) is 0 Å². The van der Waals surface area contributed by atoms with E-state index in [2.05, 4.69) is 15.3 Å². The van der Waals surface area contributed by atoms with E-state index >= 15 is 0 Å². The van der Waals surface area contributed by atoms with E-state index in [1.54, 1.807) is 32.6 Å². The Labute approximate surface area is 174 Å². The van der Waals surface area contributed by atoms with Crippen LogP contribution in [0.5, 0.6) is 11.5 Å². The van der Waals surface area contributed by atoms with Crippen LogP contribution in [0.15, 0.2) is 58.1 Å². The predicted octanol–water partition coefficient (Wildman–Crippen LogP) is 3.19. The molecule has 0 saturated carbocycles. The molecule has 3 rings (SSSR count). The standard InChI is InChI=1S/C22H25FN4O3/c1-28-19-8-3-15(13-20(19)29-2)9-11-25-22(24)26-12-10-18-14-30-21(27-18)16-4-6-17(23)7-5-16/h3-8,13-14H,9-12H2,1-2H3,(H3,24,25,26). The van der Waals surface area contributed by atoms with Gasteiger partial charge < -0.3 is 24.9 Å². The average molecular weight is 412 g/mol. The molecule has 7 nitrogen and oxygen atoms in total. The van der Waals surface area contributed by atoms with Crippen LogP contribution in [0.25, 0.3) is 11.5 Å². The molecule has 0 aliphatic rings. The highest BCUT2D eigenvalue weighted by atomic mass is 19.1. The van der Waals surface area contributed by atoms with E-state index in [-0.39, 0.29) is 5.82 Å². The number of aliphatic imine (C=N–C) groups is 1. The maximum Gasteiger partial charge on any atom is 0.226 e. The van der Waals surface area contributed by atoms with Crippen molar-refractivity contribution in [3.8, 4) is 23.0 Å². The van der Waals surface area contributed by atoms with Crippen molar-refractivity contribution >= 4 is 5.96 Å². The molecular formula is C22H25FN4O3. The van der Waals surface area contributed by atoms with Crippen LogP contribution in [-0.4, -0.2) is 38.3 Å². The van der Waals surface area contributed by atoms with Gasteiger partial charge in [-0.3, -0.25) is 4.99 Å². The lowest BCUT2D eigenvalue weighted by Crippen LogP contribution is -2.33. The molecule has 0 unspecified atom stereocenters. The van der Waals surface area contributed by atoms with Crippen LogP contribution >= 0.6 is 0 Å². The molecule has 158 valence electrons.